The standard InChI is InChI=1S/C8H17NO2/c1-3-9-5-8(11-2)4-7(9)6-10/h7-8,10H,3-6H2,1-2H3/t7-,8-/m1/s1. The lowest BCUT2D eigenvalue weighted by Gasteiger charge is -2.19. The number of nitrogens with zero attached hydrogens (tertiary/aromatic N) is 1. The van der Waals surface area contributed by atoms with E-state index in [4.69, 9.17) is 9.84 Å². The van der Waals surface area contributed by atoms with Crippen LogP contribution in [0.2, 0.25) is 0 Å². The average Bonchev–Trinajstić information content (AvgIpc) is 2.46. The highest BCUT2D eigenvalue weighted by atomic mass is 16.5. The van der Waals surface area contributed by atoms with Crippen LogP contribution in [0.25, 0.3) is 0 Å². The number of aliphatic hydroxyl groups is 1. The summed E-state index contributed by atoms with van der Waals surface area (Å²) < 4.78 is 5.22. The van der Waals surface area contributed by atoms with Crippen molar-refractivity contribution < 1.29 is 9.84 Å². The van der Waals surface area contributed by atoms with Crippen LogP contribution >= 0.6 is 0 Å². The minimum atomic E-state index is 0.258. The van der Waals surface area contributed by atoms with Crippen LogP contribution in [0.3, 0.4) is 0 Å². The molecule has 0 radical (unpaired) electrons. The van der Waals surface area contributed by atoms with Crippen molar-refractivity contribution in [1.82, 2.24) is 4.90 Å². The topological polar surface area (TPSA) is 32.7 Å². The Morgan fingerprint density at radius 3 is 2.73 bits per heavy atom. The van der Waals surface area contributed by atoms with Crippen molar-refractivity contribution in [2.24, 2.45) is 0 Å². The molecule has 1 aliphatic heterocycles. The number of hydrogen-bond donors (Lipinski definition) is 1. The molecule has 0 amide bonds. The van der Waals surface area contributed by atoms with Gasteiger partial charge in [-0.05, 0) is 13.0 Å². The van der Waals surface area contributed by atoms with Gasteiger partial charge in [-0.3, -0.25) is 4.90 Å². The summed E-state index contributed by atoms with van der Waals surface area (Å²) in [5.74, 6) is 0. The van der Waals surface area contributed by atoms with Crippen molar-refractivity contribution in [3.8, 4) is 0 Å². The molecule has 0 bridgehead atoms. The maximum Gasteiger partial charge on any atom is 0.0714 e. The van der Waals surface area contributed by atoms with E-state index in [0.717, 1.165) is 19.5 Å². The molecule has 3 heteroatoms. The number of hydrogen-bond acceptors (Lipinski definition) is 3. The minimum absolute atomic E-state index is 0.258. The number of ether oxygens (including phenoxy) is 1. The van der Waals surface area contributed by atoms with Gasteiger partial charge >= 0.3 is 0 Å². The molecule has 11 heavy (non-hydrogen) atoms. The quantitative estimate of drug-likeness (QED) is 0.633. The van der Waals surface area contributed by atoms with Crippen LogP contribution in [-0.4, -0.2) is 49.0 Å². The molecule has 0 aliphatic carbocycles. The Hall–Kier alpha value is -0.120. The molecule has 1 fully saturated rings. The van der Waals surface area contributed by atoms with Crippen molar-refractivity contribution in [3.05, 3.63) is 0 Å². The summed E-state index contributed by atoms with van der Waals surface area (Å²) in [5.41, 5.74) is 0. The molecule has 0 saturated carbocycles. The molecule has 0 aromatic carbocycles. The summed E-state index contributed by atoms with van der Waals surface area (Å²) in [5, 5.41) is 8.98. The second kappa shape index (κ2) is 4.04. The highest BCUT2D eigenvalue weighted by molar-refractivity contribution is 4.84. The molecule has 0 unspecified atom stereocenters. The zero-order valence-electron chi connectivity index (χ0n) is 7.29. The zero-order chi connectivity index (χ0) is 8.27. The molecule has 2 atom stereocenters. The van der Waals surface area contributed by atoms with Gasteiger partial charge in [-0.15, -0.1) is 0 Å². The molecule has 1 N–H and O–H groups in total. The third-order valence-electron chi connectivity index (χ3n) is 2.44. The van der Waals surface area contributed by atoms with Gasteiger partial charge in [-0.1, -0.05) is 6.92 Å². The predicted octanol–water partition coefficient (Wildman–Crippen LogP) is 0.0879. The van der Waals surface area contributed by atoms with Crippen LogP contribution in [0.5, 0.6) is 0 Å². The van der Waals surface area contributed by atoms with Crippen LogP contribution in [0, 0.1) is 0 Å². The van der Waals surface area contributed by atoms with Crippen LogP contribution in [0.15, 0.2) is 0 Å². The Labute approximate surface area is 68.0 Å². The summed E-state index contributed by atoms with van der Waals surface area (Å²) >= 11 is 0. The summed E-state index contributed by atoms with van der Waals surface area (Å²) in [6, 6.07) is 0.324. The summed E-state index contributed by atoms with van der Waals surface area (Å²) in [4.78, 5) is 2.26. The Morgan fingerprint density at radius 1 is 1.64 bits per heavy atom. The van der Waals surface area contributed by atoms with Crippen LogP contribution in [0.1, 0.15) is 13.3 Å². The number of rotatable bonds is 3. The van der Waals surface area contributed by atoms with Crippen molar-refractivity contribution in [2.45, 2.75) is 25.5 Å². The lowest BCUT2D eigenvalue weighted by Crippen LogP contribution is -2.32. The Balaban J connectivity index is 2.41. The van der Waals surface area contributed by atoms with Gasteiger partial charge in [-0.25, -0.2) is 0 Å². The van der Waals surface area contributed by atoms with E-state index in [1.807, 2.05) is 0 Å². The van der Waals surface area contributed by atoms with E-state index in [2.05, 4.69) is 11.8 Å². The predicted molar refractivity (Wildman–Crippen MR) is 43.5 cm³/mol. The molecule has 0 aromatic rings. The Morgan fingerprint density at radius 2 is 2.36 bits per heavy atom. The number of likely N-dealkylation sites (tertiary alicyclic amines) is 1. The van der Waals surface area contributed by atoms with E-state index in [0.29, 0.717) is 12.1 Å². The van der Waals surface area contributed by atoms with Crippen LogP contribution in [-0.2, 0) is 4.74 Å². The smallest absolute Gasteiger partial charge is 0.0714 e. The van der Waals surface area contributed by atoms with E-state index in [1.165, 1.54) is 0 Å². The molecule has 0 spiro atoms. The maximum atomic E-state index is 8.98. The van der Waals surface area contributed by atoms with E-state index < -0.39 is 0 Å². The molecule has 1 aliphatic rings. The average molecular weight is 159 g/mol. The molecule has 3 nitrogen and oxygen atoms in total. The molecule has 1 saturated heterocycles. The Kier molecular flexibility index (Phi) is 3.30. The third kappa shape index (κ3) is 1.92. The highest BCUT2D eigenvalue weighted by Crippen LogP contribution is 2.18. The fraction of sp³-hybridized carbons (Fsp3) is 1.00. The van der Waals surface area contributed by atoms with E-state index >= 15 is 0 Å². The highest BCUT2D eigenvalue weighted by Gasteiger charge is 2.29. The van der Waals surface area contributed by atoms with E-state index in [9.17, 15) is 0 Å². The Bertz CT molecular complexity index is 107. The fourth-order valence-corrected chi connectivity index (χ4v) is 1.69. The van der Waals surface area contributed by atoms with Gasteiger partial charge in [0.05, 0.1) is 12.7 Å². The van der Waals surface area contributed by atoms with Gasteiger partial charge in [0.15, 0.2) is 0 Å². The molecular formula is C8H17NO2. The summed E-state index contributed by atoms with van der Waals surface area (Å²) in [6.45, 7) is 4.34. The second-order valence-corrected chi connectivity index (χ2v) is 3.02. The van der Waals surface area contributed by atoms with Crippen molar-refractivity contribution in [3.63, 3.8) is 0 Å². The first kappa shape index (κ1) is 8.97. The van der Waals surface area contributed by atoms with Crippen molar-refractivity contribution in [1.29, 1.82) is 0 Å². The van der Waals surface area contributed by atoms with Gasteiger partial charge < -0.3 is 9.84 Å². The monoisotopic (exact) mass is 159 g/mol. The van der Waals surface area contributed by atoms with Gasteiger partial charge in [0.25, 0.3) is 0 Å². The maximum absolute atomic E-state index is 8.98. The minimum Gasteiger partial charge on any atom is -0.395 e. The zero-order valence-corrected chi connectivity index (χ0v) is 7.29. The lowest BCUT2D eigenvalue weighted by molar-refractivity contribution is 0.109. The molecule has 0 aromatic heterocycles. The number of likely N-dealkylation sites (N-methyl/N-ethyl adjacent to an activating group) is 1. The first-order valence-electron chi connectivity index (χ1n) is 4.19. The molecule has 66 valence electrons. The number of methoxy groups -OCH3 is 1. The second-order valence-electron chi connectivity index (χ2n) is 3.02. The van der Waals surface area contributed by atoms with Gasteiger partial charge in [-0.2, -0.15) is 0 Å². The van der Waals surface area contributed by atoms with Crippen molar-refractivity contribution >= 4 is 0 Å². The molecule has 1 rings (SSSR count). The SMILES string of the molecule is CCN1C[C@H](OC)C[C@@H]1CO. The molecular weight excluding hydrogens is 142 g/mol. The summed E-state index contributed by atoms with van der Waals surface area (Å²) in [7, 11) is 1.73. The first-order chi connectivity index (χ1) is 5.31. The van der Waals surface area contributed by atoms with Crippen LogP contribution < -0.4 is 0 Å². The normalized spacial score (nSPS) is 33.0. The molecule has 1 heterocycles. The van der Waals surface area contributed by atoms with E-state index in [1.54, 1.807) is 7.11 Å². The van der Waals surface area contributed by atoms with Gasteiger partial charge in [0, 0.05) is 19.7 Å². The van der Waals surface area contributed by atoms with E-state index in [-0.39, 0.29) is 6.61 Å². The van der Waals surface area contributed by atoms with Gasteiger partial charge in [0.1, 0.15) is 0 Å². The third-order valence-corrected chi connectivity index (χ3v) is 2.44. The fourth-order valence-electron chi connectivity index (χ4n) is 1.69. The first-order valence-corrected chi connectivity index (χ1v) is 4.19. The largest absolute Gasteiger partial charge is 0.395 e. The summed E-state index contributed by atoms with van der Waals surface area (Å²) in [6.07, 6.45) is 1.30. The number of aliphatic hydroxyl groups excluding tert-OH is 1. The van der Waals surface area contributed by atoms with Crippen LogP contribution in [0.4, 0.5) is 0 Å². The lowest BCUT2D eigenvalue weighted by atomic mass is 10.2. The van der Waals surface area contributed by atoms with Gasteiger partial charge in [0.2, 0.25) is 0 Å². The van der Waals surface area contributed by atoms with Crippen molar-refractivity contribution in [2.75, 3.05) is 26.8 Å².